The van der Waals surface area contributed by atoms with Gasteiger partial charge in [-0.3, -0.25) is 0 Å². The predicted octanol–water partition coefficient (Wildman–Crippen LogP) is 2.19. The molecule has 0 bridgehead atoms. The van der Waals surface area contributed by atoms with Crippen molar-refractivity contribution in [1.29, 1.82) is 0 Å². The second-order valence-corrected chi connectivity index (χ2v) is 3.92. The van der Waals surface area contributed by atoms with Gasteiger partial charge in [0.05, 0.1) is 0 Å². The van der Waals surface area contributed by atoms with Crippen LogP contribution in [0.4, 0.5) is 13.2 Å². The van der Waals surface area contributed by atoms with Crippen molar-refractivity contribution in [1.82, 2.24) is 10.6 Å². The summed E-state index contributed by atoms with van der Waals surface area (Å²) in [4.78, 5) is 0. The van der Waals surface area contributed by atoms with Crippen molar-refractivity contribution >= 4 is 0 Å². The van der Waals surface area contributed by atoms with Crippen LogP contribution in [0, 0.1) is 17.5 Å². The van der Waals surface area contributed by atoms with E-state index in [1.807, 2.05) is 13.8 Å². The average Bonchev–Trinajstić information content (AvgIpc) is 2.32. The summed E-state index contributed by atoms with van der Waals surface area (Å²) in [5, 5.41) is 6.16. The first-order valence-electron chi connectivity index (χ1n) is 5.62. The summed E-state index contributed by atoms with van der Waals surface area (Å²) in [5.41, 5.74) is 0.132. The molecule has 2 nitrogen and oxygen atoms in total. The lowest BCUT2D eigenvalue weighted by Gasteiger charge is -2.14. The second-order valence-electron chi connectivity index (χ2n) is 3.92. The van der Waals surface area contributed by atoms with Crippen LogP contribution in [0.2, 0.25) is 0 Å². The largest absolute Gasteiger partial charge is 0.315 e. The van der Waals surface area contributed by atoms with Crippen LogP contribution in [0.3, 0.4) is 0 Å². The molecular formula is C12H17F3N2. The van der Waals surface area contributed by atoms with Crippen molar-refractivity contribution in [2.45, 2.75) is 26.4 Å². The lowest BCUT2D eigenvalue weighted by Crippen LogP contribution is -2.36. The second kappa shape index (κ2) is 6.61. The lowest BCUT2D eigenvalue weighted by molar-refractivity contribution is 0.432. The molecule has 1 atom stereocenters. The fourth-order valence-corrected chi connectivity index (χ4v) is 1.42. The van der Waals surface area contributed by atoms with Gasteiger partial charge in [-0.2, -0.15) is 0 Å². The van der Waals surface area contributed by atoms with Crippen molar-refractivity contribution < 1.29 is 13.2 Å². The maximum absolute atomic E-state index is 13.3. The maximum Gasteiger partial charge on any atom is 0.194 e. The standard InChI is InChI=1S/C12H17F3N2/c1-3-16-6-8(2)17-7-9-4-5-10(13)12(15)11(9)14/h4-5,8,16-17H,3,6-7H2,1-2H3. The van der Waals surface area contributed by atoms with E-state index in [0.717, 1.165) is 19.2 Å². The summed E-state index contributed by atoms with van der Waals surface area (Å²) in [6.07, 6.45) is 0. The van der Waals surface area contributed by atoms with E-state index in [1.54, 1.807) is 0 Å². The number of halogens is 3. The zero-order valence-corrected chi connectivity index (χ0v) is 9.99. The summed E-state index contributed by atoms with van der Waals surface area (Å²) in [5.74, 6) is -3.69. The summed E-state index contributed by atoms with van der Waals surface area (Å²) in [7, 11) is 0. The van der Waals surface area contributed by atoms with Gasteiger partial charge in [-0.25, -0.2) is 13.2 Å². The molecule has 5 heteroatoms. The molecule has 2 N–H and O–H groups in total. The molecule has 0 aliphatic carbocycles. The topological polar surface area (TPSA) is 24.1 Å². The molecule has 0 saturated heterocycles. The van der Waals surface area contributed by atoms with Crippen LogP contribution < -0.4 is 10.6 Å². The summed E-state index contributed by atoms with van der Waals surface area (Å²) < 4.78 is 38.9. The Morgan fingerprint density at radius 2 is 1.88 bits per heavy atom. The molecule has 17 heavy (non-hydrogen) atoms. The highest BCUT2D eigenvalue weighted by atomic mass is 19.2. The third-order valence-electron chi connectivity index (χ3n) is 2.46. The molecule has 0 radical (unpaired) electrons. The van der Waals surface area contributed by atoms with Gasteiger partial charge in [-0.15, -0.1) is 0 Å². The number of benzene rings is 1. The minimum Gasteiger partial charge on any atom is -0.315 e. The Morgan fingerprint density at radius 3 is 2.53 bits per heavy atom. The molecule has 0 aliphatic rings. The number of hydrogen-bond donors (Lipinski definition) is 2. The molecule has 0 aromatic heterocycles. The molecule has 0 heterocycles. The van der Waals surface area contributed by atoms with Crippen molar-refractivity contribution in [3.8, 4) is 0 Å². The highest BCUT2D eigenvalue weighted by molar-refractivity contribution is 5.20. The van der Waals surface area contributed by atoms with Crippen LogP contribution >= 0.6 is 0 Å². The van der Waals surface area contributed by atoms with Gasteiger partial charge in [0, 0.05) is 24.7 Å². The van der Waals surface area contributed by atoms with Crippen LogP contribution in [0.1, 0.15) is 19.4 Å². The van der Waals surface area contributed by atoms with E-state index in [0.29, 0.717) is 0 Å². The van der Waals surface area contributed by atoms with Gasteiger partial charge in [0.15, 0.2) is 17.5 Å². The molecule has 0 saturated carbocycles. The van der Waals surface area contributed by atoms with Gasteiger partial charge < -0.3 is 10.6 Å². The Kier molecular flexibility index (Phi) is 5.44. The Labute approximate surface area is 99.2 Å². The highest BCUT2D eigenvalue weighted by Crippen LogP contribution is 2.14. The molecule has 1 aromatic carbocycles. The molecule has 0 fully saturated rings. The number of hydrogen-bond acceptors (Lipinski definition) is 2. The first-order valence-corrected chi connectivity index (χ1v) is 5.62. The third kappa shape index (κ3) is 4.02. The van der Waals surface area contributed by atoms with Crippen LogP contribution in [-0.2, 0) is 6.54 Å². The Balaban J connectivity index is 2.55. The van der Waals surface area contributed by atoms with Crippen molar-refractivity contribution in [3.63, 3.8) is 0 Å². The van der Waals surface area contributed by atoms with Gasteiger partial charge in [-0.05, 0) is 19.5 Å². The first-order chi connectivity index (χ1) is 8.06. The van der Waals surface area contributed by atoms with Gasteiger partial charge in [0.25, 0.3) is 0 Å². The average molecular weight is 246 g/mol. The van der Waals surface area contributed by atoms with E-state index < -0.39 is 17.5 Å². The van der Waals surface area contributed by atoms with Gasteiger partial charge in [0.2, 0.25) is 0 Å². The summed E-state index contributed by atoms with van der Waals surface area (Å²) in [6, 6.07) is 2.31. The number of rotatable bonds is 6. The molecule has 1 unspecified atom stereocenters. The summed E-state index contributed by atoms with van der Waals surface area (Å²) >= 11 is 0. The third-order valence-corrected chi connectivity index (χ3v) is 2.46. The molecule has 96 valence electrons. The number of likely N-dealkylation sites (N-methyl/N-ethyl adjacent to an activating group) is 1. The van der Waals surface area contributed by atoms with Crippen LogP contribution in [0.5, 0.6) is 0 Å². The van der Waals surface area contributed by atoms with E-state index in [2.05, 4.69) is 10.6 Å². The molecule has 0 amide bonds. The van der Waals surface area contributed by atoms with E-state index in [1.165, 1.54) is 6.07 Å². The highest BCUT2D eigenvalue weighted by Gasteiger charge is 2.13. The zero-order valence-electron chi connectivity index (χ0n) is 9.99. The molecule has 1 aromatic rings. The lowest BCUT2D eigenvalue weighted by atomic mass is 10.2. The van der Waals surface area contributed by atoms with Crippen LogP contribution in [0.25, 0.3) is 0 Å². The van der Waals surface area contributed by atoms with E-state index in [-0.39, 0.29) is 18.2 Å². The predicted molar refractivity (Wildman–Crippen MR) is 61.2 cm³/mol. The number of nitrogens with one attached hydrogen (secondary N) is 2. The Morgan fingerprint density at radius 1 is 1.18 bits per heavy atom. The Bertz CT molecular complexity index is 369. The smallest absolute Gasteiger partial charge is 0.194 e. The van der Waals surface area contributed by atoms with Gasteiger partial charge in [-0.1, -0.05) is 13.0 Å². The molecule has 0 aliphatic heterocycles. The zero-order chi connectivity index (χ0) is 12.8. The fourth-order valence-electron chi connectivity index (χ4n) is 1.42. The van der Waals surface area contributed by atoms with E-state index >= 15 is 0 Å². The molecule has 0 spiro atoms. The van der Waals surface area contributed by atoms with Gasteiger partial charge >= 0.3 is 0 Å². The first kappa shape index (κ1) is 14.0. The fraction of sp³-hybridized carbons (Fsp3) is 0.500. The van der Waals surface area contributed by atoms with Crippen molar-refractivity contribution in [2.24, 2.45) is 0 Å². The van der Waals surface area contributed by atoms with Gasteiger partial charge in [0.1, 0.15) is 0 Å². The van der Waals surface area contributed by atoms with E-state index in [4.69, 9.17) is 0 Å². The normalized spacial score (nSPS) is 12.8. The quantitative estimate of drug-likeness (QED) is 0.752. The SMILES string of the molecule is CCNCC(C)NCc1ccc(F)c(F)c1F. The summed E-state index contributed by atoms with van der Waals surface area (Å²) in [6.45, 7) is 5.69. The van der Waals surface area contributed by atoms with Crippen LogP contribution in [-0.4, -0.2) is 19.1 Å². The Hall–Kier alpha value is -1.07. The van der Waals surface area contributed by atoms with E-state index in [9.17, 15) is 13.2 Å². The molecular weight excluding hydrogens is 229 g/mol. The van der Waals surface area contributed by atoms with Crippen molar-refractivity contribution in [3.05, 3.63) is 35.1 Å². The minimum atomic E-state index is -1.41. The monoisotopic (exact) mass is 246 g/mol. The van der Waals surface area contributed by atoms with Crippen LogP contribution in [0.15, 0.2) is 12.1 Å². The minimum absolute atomic E-state index is 0.127. The molecule has 1 rings (SSSR count). The maximum atomic E-state index is 13.3. The van der Waals surface area contributed by atoms with Crippen molar-refractivity contribution in [2.75, 3.05) is 13.1 Å².